The lowest BCUT2D eigenvalue weighted by molar-refractivity contribution is 0.353. The molecule has 0 N–H and O–H groups in total. The number of nitrogens with zero attached hydrogens (tertiary/aromatic N) is 4. The van der Waals surface area contributed by atoms with Crippen molar-refractivity contribution in [2.45, 2.75) is 39.7 Å². The average Bonchev–Trinajstić information content (AvgIpc) is 2.69. The summed E-state index contributed by atoms with van der Waals surface area (Å²) in [6, 6.07) is 6.22. The Bertz CT molecular complexity index is 794. The summed E-state index contributed by atoms with van der Waals surface area (Å²) in [5.74, 6) is 3.34. The highest BCUT2D eigenvalue weighted by Gasteiger charge is 2.22. The molecule has 0 spiro atoms. The quantitative estimate of drug-likeness (QED) is 0.742. The van der Waals surface area contributed by atoms with Crippen LogP contribution in [0.25, 0.3) is 0 Å². The van der Waals surface area contributed by atoms with Crippen LogP contribution in [-0.2, 0) is 13.0 Å². The van der Waals surface area contributed by atoms with Gasteiger partial charge in [-0.3, -0.25) is 0 Å². The van der Waals surface area contributed by atoms with Gasteiger partial charge in [-0.25, -0.2) is 4.98 Å². The van der Waals surface area contributed by atoms with E-state index in [9.17, 15) is 0 Å². The maximum absolute atomic E-state index is 5.47. The number of fused-ring (bicyclic) bond motifs is 1. The Morgan fingerprint density at radius 1 is 1.07 bits per heavy atom. The summed E-state index contributed by atoms with van der Waals surface area (Å²) in [6.45, 7) is 6.92. The molecular weight excluding hydrogens is 340 g/mol. The van der Waals surface area contributed by atoms with Gasteiger partial charge in [0.15, 0.2) is 11.5 Å². The van der Waals surface area contributed by atoms with E-state index in [0.29, 0.717) is 0 Å². The molecule has 3 rings (SSSR count). The van der Waals surface area contributed by atoms with Gasteiger partial charge in [-0.1, -0.05) is 13.3 Å². The van der Waals surface area contributed by atoms with E-state index in [2.05, 4.69) is 42.0 Å². The number of aromatic nitrogens is 2. The molecule has 6 nitrogen and oxygen atoms in total. The van der Waals surface area contributed by atoms with E-state index in [1.54, 1.807) is 14.2 Å². The van der Waals surface area contributed by atoms with Crippen LogP contribution in [-0.4, -0.2) is 44.3 Å². The van der Waals surface area contributed by atoms with Crippen molar-refractivity contribution in [1.82, 2.24) is 9.97 Å². The van der Waals surface area contributed by atoms with Crippen molar-refractivity contribution >= 4 is 11.8 Å². The third kappa shape index (κ3) is 4.26. The van der Waals surface area contributed by atoms with Gasteiger partial charge in [-0.15, -0.1) is 0 Å². The molecule has 0 fully saturated rings. The predicted molar refractivity (Wildman–Crippen MR) is 109 cm³/mol. The van der Waals surface area contributed by atoms with Crippen molar-refractivity contribution in [2.75, 3.05) is 44.2 Å². The van der Waals surface area contributed by atoms with Gasteiger partial charge in [0.1, 0.15) is 5.82 Å². The van der Waals surface area contributed by atoms with Gasteiger partial charge in [0, 0.05) is 38.4 Å². The van der Waals surface area contributed by atoms with Crippen LogP contribution in [0.2, 0.25) is 0 Å². The first-order chi connectivity index (χ1) is 13.0. The van der Waals surface area contributed by atoms with Crippen molar-refractivity contribution in [2.24, 2.45) is 0 Å². The molecule has 0 aliphatic carbocycles. The summed E-state index contributed by atoms with van der Waals surface area (Å²) in [5, 5.41) is 0. The third-order valence-corrected chi connectivity index (χ3v) is 5.07. The molecule has 1 aliphatic rings. The maximum atomic E-state index is 5.47. The smallest absolute Gasteiger partial charge is 0.227 e. The zero-order valence-electron chi connectivity index (χ0n) is 17.1. The number of benzene rings is 1. The van der Waals surface area contributed by atoms with Gasteiger partial charge in [0.25, 0.3) is 0 Å². The number of aryl methyl sites for hydroxylation is 1. The molecule has 0 saturated heterocycles. The molecule has 1 aliphatic heterocycles. The Hall–Kier alpha value is -2.50. The van der Waals surface area contributed by atoms with Crippen molar-refractivity contribution in [3.05, 3.63) is 35.0 Å². The highest BCUT2D eigenvalue weighted by molar-refractivity contribution is 5.52. The first-order valence-corrected chi connectivity index (χ1v) is 9.61. The zero-order chi connectivity index (χ0) is 19.4. The first-order valence-electron chi connectivity index (χ1n) is 9.61. The topological polar surface area (TPSA) is 50.7 Å². The summed E-state index contributed by atoms with van der Waals surface area (Å²) < 4.78 is 10.9. The molecule has 6 heteroatoms. The maximum Gasteiger partial charge on any atom is 0.227 e. The van der Waals surface area contributed by atoms with Gasteiger partial charge in [-0.2, -0.15) is 4.98 Å². The minimum Gasteiger partial charge on any atom is -0.493 e. The second kappa shape index (κ2) is 8.46. The van der Waals surface area contributed by atoms with Gasteiger partial charge in [0.2, 0.25) is 5.95 Å². The van der Waals surface area contributed by atoms with Gasteiger partial charge < -0.3 is 19.3 Å². The van der Waals surface area contributed by atoms with Crippen LogP contribution in [0, 0.1) is 6.92 Å². The fourth-order valence-electron chi connectivity index (χ4n) is 3.44. The second-order valence-corrected chi connectivity index (χ2v) is 7.09. The Morgan fingerprint density at radius 2 is 1.78 bits per heavy atom. The third-order valence-electron chi connectivity index (χ3n) is 5.07. The van der Waals surface area contributed by atoms with Crippen LogP contribution >= 0.6 is 0 Å². The highest BCUT2D eigenvalue weighted by atomic mass is 16.5. The molecule has 0 unspecified atom stereocenters. The SMILES string of the molecule is CCCCN(C)c1cc(C)nc(N2CCc3cc(OC)c(OC)cc3C2)n1. The number of rotatable bonds is 7. The Labute approximate surface area is 162 Å². The Balaban J connectivity index is 1.85. The number of ether oxygens (including phenoxy) is 2. The van der Waals surface area contributed by atoms with E-state index in [1.165, 1.54) is 17.5 Å². The van der Waals surface area contributed by atoms with Crippen LogP contribution in [0.4, 0.5) is 11.8 Å². The van der Waals surface area contributed by atoms with Crippen molar-refractivity contribution in [3.63, 3.8) is 0 Å². The van der Waals surface area contributed by atoms with Gasteiger partial charge in [0.05, 0.1) is 14.2 Å². The normalized spacial score (nSPS) is 13.3. The minimum absolute atomic E-state index is 0.767. The van der Waals surface area contributed by atoms with E-state index in [4.69, 9.17) is 19.4 Å². The number of unbranched alkanes of at least 4 members (excludes halogenated alkanes) is 1. The average molecular weight is 370 g/mol. The van der Waals surface area contributed by atoms with Crippen molar-refractivity contribution < 1.29 is 9.47 Å². The summed E-state index contributed by atoms with van der Waals surface area (Å²) in [7, 11) is 5.45. The fraction of sp³-hybridized carbons (Fsp3) is 0.524. The van der Waals surface area contributed by atoms with Crippen LogP contribution in [0.3, 0.4) is 0 Å². The van der Waals surface area contributed by atoms with E-state index >= 15 is 0 Å². The largest absolute Gasteiger partial charge is 0.493 e. The molecule has 0 saturated carbocycles. The number of hydrogen-bond acceptors (Lipinski definition) is 6. The van der Waals surface area contributed by atoms with Crippen molar-refractivity contribution in [3.8, 4) is 11.5 Å². The molecule has 27 heavy (non-hydrogen) atoms. The molecule has 0 amide bonds. The van der Waals surface area contributed by atoms with Gasteiger partial charge >= 0.3 is 0 Å². The first kappa shape index (κ1) is 19.3. The molecule has 1 aromatic heterocycles. The summed E-state index contributed by atoms with van der Waals surface area (Å²) in [5.41, 5.74) is 3.54. The molecule has 0 atom stereocenters. The lowest BCUT2D eigenvalue weighted by Gasteiger charge is -2.30. The molecule has 146 valence electrons. The van der Waals surface area contributed by atoms with E-state index < -0.39 is 0 Å². The van der Waals surface area contributed by atoms with Crippen molar-refractivity contribution in [1.29, 1.82) is 0 Å². The predicted octanol–water partition coefficient (Wildman–Crippen LogP) is 3.60. The summed E-state index contributed by atoms with van der Waals surface area (Å²) >= 11 is 0. The van der Waals surface area contributed by atoms with Crippen LogP contribution < -0.4 is 19.3 Å². The van der Waals surface area contributed by atoms with Crippen LogP contribution in [0.5, 0.6) is 11.5 Å². The van der Waals surface area contributed by atoms with E-state index in [1.807, 2.05) is 6.92 Å². The number of hydrogen-bond donors (Lipinski definition) is 0. The molecule has 1 aromatic carbocycles. The standard InChI is InChI=1S/C21H30N4O2/c1-6-7-9-24(3)20-11-15(2)22-21(23-20)25-10-8-16-12-18(26-4)19(27-5)13-17(16)14-25/h11-13H,6-10,14H2,1-5H3. The molecule has 0 radical (unpaired) electrons. The molecule has 2 heterocycles. The second-order valence-electron chi connectivity index (χ2n) is 7.09. The summed E-state index contributed by atoms with van der Waals surface area (Å²) in [6.07, 6.45) is 3.27. The monoisotopic (exact) mass is 370 g/mol. The van der Waals surface area contributed by atoms with E-state index in [-0.39, 0.29) is 0 Å². The van der Waals surface area contributed by atoms with Crippen LogP contribution in [0.1, 0.15) is 36.6 Å². The van der Waals surface area contributed by atoms with Crippen LogP contribution in [0.15, 0.2) is 18.2 Å². The zero-order valence-corrected chi connectivity index (χ0v) is 17.1. The number of anilines is 2. The fourth-order valence-corrected chi connectivity index (χ4v) is 3.44. The molecular formula is C21H30N4O2. The summed E-state index contributed by atoms with van der Waals surface area (Å²) in [4.78, 5) is 14.0. The molecule has 2 aromatic rings. The Morgan fingerprint density at radius 3 is 2.44 bits per heavy atom. The van der Waals surface area contributed by atoms with E-state index in [0.717, 1.165) is 61.4 Å². The van der Waals surface area contributed by atoms with Gasteiger partial charge in [-0.05, 0) is 43.0 Å². The number of methoxy groups -OCH3 is 2. The lowest BCUT2D eigenvalue weighted by Crippen LogP contribution is -2.32. The lowest BCUT2D eigenvalue weighted by atomic mass is 9.99. The molecule has 0 bridgehead atoms. The Kier molecular flexibility index (Phi) is 6.04. The minimum atomic E-state index is 0.767. The highest BCUT2D eigenvalue weighted by Crippen LogP contribution is 2.34.